The number of fused-ring (bicyclic) bond motifs is 2. The minimum absolute atomic E-state index is 1.08. The Kier molecular flexibility index (Phi) is 8.95. The van der Waals surface area contributed by atoms with Crippen LogP contribution >= 0.6 is 0 Å². The number of benzene rings is 10. The summed E-state index contributed by atoms with van der Waals surface area (Å²) in [7, 11) is 0. The zero-order valence-electron chi connectivity index (χ0n) is 31.5. The maximum Gasteiger partial charge on any atom is 0.0546 e. The maximum absolute atomic E-state index is 2.47. The highest BCUT2D eigenvalue weighted by Crippen LogP contribution is 2.49. The summed E-state index contributed by atoms with van der Waals surface area (Å²) >= 11 is 0. The van der Waals surface area contributed by atoms with E-state index in [2.05, 4.69) is 241 Å². The molecule has 0 bridgehead atoms. The van der Waals surface area contributed by atoms with Crippen LogP contribution in [0, 0.1) is 0 Å². The molecule has 57 heavy (non-hydrogen) atoms. The second-order valence-corrected chi connectivity index (χ2v) is 14.5. The van der Waals surface area contributed by atoms with Gasteiger partial charge in [-0.1, -0.05) is 206 Å². The molecule has 10 rings (SSSR count). The summed E-state index contributed by atoms with van der Waals surface area (Å²) in [4.78, 5) is 2.47. The molecule has 0 radical (unpaired) electrons. The zero-order valence-corrected chi connectivity index (χ0v) is 31.5. The standard InChI is InChI=1S/C56H39N/c1-3-18-40(19-4-1)50-32-11-12-33-54(50)56-53(43-20-5-2-6-21-43)36-17-37-55(56)57(46-28-13-26-44(38-46)51-34-15-24-41-22-7-9-30-48(41)51)47-29-14-27-45(39-47)52-35-16-25-42-23-8-10-31-49(42)52/h1-39H. The highest BCUT2D eigenvalue weighted by Gasteiger charge is 2.23. The number of nitrogens with zero attached hydrogens (tertiary/aromatic N) is 1. The second kappa shape index (κ2) is 15.0. The summed E-state index contributed by atoms with van der Waals surface area (Å²) in [6, 6.07) is 85.8. The highest BCUT2D eigenvalue weighted by atomic mass is 15.1. The van der Waals surface area contributed by atoms with Gasteiger partial charge in [0.25, 0.3) is 0 Å². The van der Waals surface area contributed by atoms with Crippen LogP contribution < -0.4 is 4.90 Å². The fourth-order valence-electron chi connectivity index (χ4n) is 8.44. The van der Waals surface area contributed by atoms with E-state index in [-0.39, 0.29) is 0 Å². The van der Waals surface area contributed by atoms with Crippen molar-refractivity contribution < 1.29 is 0 Å². The van der Waals surface area contributed by atoms with Crippen molar-refractivity contribution in [2.75, 3.05) is 4.90 Å². The summed E-state index contributed by atoms with van der Waals surface area (Å²) in [6.07, 6.45) is 0. The molecule has 0 N–H and O–H groups in total. The predicted molar refractivity (Wildman–Crippen MR) is 243 cm³/mol. The van der Waals surface area contributed by atoms with Crippen molar-refractivity contribution >= 4 is 38.6 Å². The molecule has 10 aromatic rings. The fourth-order valence-corrected chi connectivity index (χ4v) is 8.44. The quantitative estimate of drug-likeness (QED) is 0.151. The van der Waals surface area contributed by atoms with Crippen LogP contribution in [0.25, 0.3) is 77.2 Å². The molecule has 0 heterocycles. The van der Waals surface area contributed by atoms with Crippen molar-refractivity contribution in [3.8, 4) is 55.6 Å². The Bertz CT molecular complexity index is 2880. The zero-order chi connectivity index (χ0) is 38.0. The van der Waals surface area contributed by atoms with Gasteiger partial charge in [0.05, 0.1) is 5.69 Å². The summed E-state index contributed by atoms with van der Waals surface area (Å²) in [5.74, 6) is 0. The van der Waals surface area contributed by atoms with E-state index in [0.717, 1.165) is 17.1 Å². The van der Waals surface area contributed by atoms with Crippen molar-refractivity contribution in [2.45, 2.75) is 0 Å². The van der Waals surface area contributed by atoms with E-state index in [1.807, 2.05) is 0 Å². The Morgan fingerprint density at radius 1 is 0.246 bits per heavy atom. The minimum Gasteiger partial charge on any atom is -0.310 e. The van der Waals surface area contributed by atoms with Gasteiger partial charge in [-0.2, -0.15) is 0 Å². The van der Waals surface area contributed by atoms with E-state index in [1.165, 1.54) is 77.2 Å². The molecule has 0 atom stereocenters. The molecule has 0 unspecified atom stereocenters. The lowest BCUT2D eigenvalue weighted by Gasteiger charge is -2.30. The molecule has 268 valence electrons. The first-order valence-electron chi connectivity index (χ1n) is 19.6. The van der Waals surface area contributed by atoms with Gasteiger partial charge < -0.3 is 4.90 Å². The first kappa shape index (κ1) is 34.0. The first-order chi connectivity index (χ1) is 28.3. The van der Waals surface area contributed by atoms with Gasteiger partial charge in [-0.25, -0.2) is 0 Å². The first-order valence-corrected chi connectivity index (χ1v) is 19.6. The molecule has 0 aliphatic heterocycles. The average Bonchev–Trinajstić information content (AvgIpc) is 3.29. The molecule has 0 aliphatic rings. The van der Waals surface area contributed by atoms with Crippen LogP contribution in [0.5, 0.6) is 0 Å². The smallest absolute Gasteiger partial charge is 0.0546 e. The van der Waals surface area contributed by atoms with Gasteiger partial charge in [0.15, 0.2) is 0 Å². The molecule has 0 spiro atoms. The average molecular weight is 726 g/mol. The number of anilines is 3. The van der Waals surface area contributed by atoms with E-state index in [0.29, 0.717) is 0 Å². The maximum atomic E-state index is 2.47. The third kappa shape index (κ3) is 6.46. The number of rotatable bonds is 8. The molecule has 0 saturated heterocycles. The van der Waals surface area contributed by atoms with Gasteiger partial charge >= 0.3 is 0 Å². The van der Waals surface area contributed by atoms with Crippen LogP contribution in [-0.4, -0.2) is 0 Å². The lowest BCUT2D eigenvalue weighted by Crippen LogP contribution is -2.12. The van der Waals surface area contributed by atoms with E-state index in [4.69, 9.17) is 0 Å². The second-order valence-electron chi connectivity index (χ2n) is 14.5. The predicted octanol–water partition coefficient (Wildman–Crippen LogP) is 15.8. The van der Waals surface area contributed by atoms with E-state index in [1.54, 1.807) is 0 Å². The Morgan fingerprint density at radius 2 is 0.632 bits per heavy atom. The monoisotopic (exact) mass is 725 g/mol. The largest absolute Gasteiger partial charge is 0.310 e. The summed E-state index contributed by atoms with van der Waals surface area (Å²) < 4.78 is 0. The van der Waals surface area contributed by atoms with Crippen LogP contribution in [0.3, 0.4) is 0 Å². The molecule has 1 nitrogen and oxygen atoms in total. The van der Waals surface area contributed by atoms with Gasteiger partial charge in [-0.15, -0.1) is 0 Å². The Labute approximate surface area is 334 Å². The van der Waals surface area contributed by atoms with Crippen LogP contribution in [0.15, 0.2) is 237 Å². The number of hydrogen-bond acceptors (Lipinski definition) is 1. The molecule has 0 saturated carbocycles. The van der Waals surface area contributed by atoms with E-state index in [9.17, 15) is 0 Å². The minimum atomic E-state index is 1.08. The molecular weight excluding hydrogens is 687 g/mol. The molecule has 1 heteroatoms. The van der Waals surface area contributed by atoms with Gasteiger partial charge in [0.1, 0.15) is 0 Å². The molecule has 0 aromatic heterocycles. The van der Waals surface area contributed by atoms with Crippen molar-refractivity contribution in [1.29, 1.82) is 0 Å². The molecule has 0 aliphatic carbocycles. The lowest BCUT2D eigenvalue weighted by molar-refractivity contribution is 1.28. The summed E-state index contributed by atoms with van der Waals surface area (Å²) in [6.45, 7) is 0. The van der Waals surface area contributed by atoms with Crippen LogP contribution in [-0.2, 0) is 0 Å². The van der Waals surface area contributed by atoms with Crippen molar-refractivity contribution in [1.82, 2.24) is 0 Å². The van der Waals surface area contributed by atoms with Gasteiger partial charge in [0.2, 0.25) is 0 Å². The SMILES string of the molecule is c1ccc(-c2ccccc2-c2c(-c3ccccc3)cccc2N(c2cccc(-c3cccc4ccccc34)c2)c2cccc(-c3cccc4ccccc34)c2)cc1. The topological polar surface area (TPSA) is 3.24 Å². The molecule has 10 aromatic carbocycles. The van der Waals surface area contributed by atoms with E-state index < -0.39 is 0 Å². The van der Waals surface area contributed by atoms with E-state index >= 15 is 0 Å². The van der Waals surface area contributed by atoms with Crippen LogP contribution in [0.2, 0.25) is 0 Å². The fraction of sp³-hybridized carbons (Fsp3) is 0. The van der Waals surface area contributed by atoms with Gasteiger partial charge in [-0.05, 0) is 102 Å². The molecular formula is C56H39N. The van der Waals surface area contributed by atoms with Gasteiger partial charge in [0, 0.05) is 16.9 Å². The summed E-state index contributed by atoms with van der Waals surface area (Å²) in [5, 5.41) is 4.95. The Hall–Kier alpha value is -7.48. The van der Waals surface area contributed by atoms with Crippen molar-refractivity contribution in [3.63, 3.8) is 0 Å². The van der Waals surface area contributed by atoms with Gasteiger partial charge in [-0.3, -0.25) is 0 Å². The highest BCUT2D eigenvalue weighted by molar-refractivity contribution is 6.03. The van der Waals surface area contributed by atoms with Crippen LogP contribution in [0.4, 0.5) is 17.1 Å². The van der Waals surface area contributed by atoms with Crippen molar-refractivity contribution in [3.05, 3.63) is 237 Å². The molecule has 0 fully saturated rings. The summed E-state index contributed by atoms with van der Waals surface area (Å²) in [5.41, 5.74) is 15.1. The Balaban J connectivity index is 1.26. The lowest BCUT2D eigenvalue weighted by atomic mass is 9.87. The molecule has 0 amide bonds. The third-order valence-electron chi connectivity index (χ3n) is 11.1. The Morgan fingerprint density at radius 3 is 1.21 bits per heavy atom. The normalized spacial score (nSPS) is 11.2. The van der Waals surface area contributed by atoms with Crippen LogP contribution in [0.1, 0.15) is 0 Å². The third-order valence-corrected chi connectivity index (χ3v) is 11.1. The number of hydrogen-bond donors (Lipinski definition) is 0. The van der Waals surface area contributed by atoms with Crippen molar-refractivity contribution in [2.24, 2.45) is 0 Å².